The highest BCUT2D eigenvalue weighted by Gasteiger charge is 2.19. The van der Waals surface area contributed by atoms with Gasteiger partial charge in [-0.1, -0.05) is 264 Å². The summed E-state index contributed by atoms with van der Waals surface area (Å²) < 4.78 is 16.8. The van der Waals surface area contributed by atoms with Crippen LogP contribution in [0.5, 0.6) is 0 Å². The Morgan fingerprint density at radius 1 is 0.302 bits per heavy atom. The molecule has 6 heteroatoms. The molecular weight excluding hydrogens is 781 g/mol. The molecule has 0 aromatic heterocycles. The zero-order valence-corrected chi connectivity index (χ0v) is 42.6. The fraction of sp³-hybridized carbons (Fsp3) is 0.912. The molecule has 6 nitrogen and oxygen atoms in total. The van der Waals surface area contributed by atoms with Crippen LogP contribution in [0.1, 0.15) is 316 Å². The van der Waals surface area contributed by atoms with E-state index in [4.69, 9.17) is 14.2 Å². The van der Waals surface area contributed by atoms with Crippen LogP contribution in [0, 0.1) is 0 Å². The van der Waals surface area contributed by atoms with E-state index in [2.05, 4.69) is 32.9 Å². The SMILES string of the molecule is CCCCCCCCCC/C=C\CCCCCCCCCCCC(=O)OCC(COC(=O)CCCCCCCCCCCCC)OC(=O)CCCCCCCCCCCCCCC. The molecule has 0 saturated heterocycles. The molecule has 0 N–H and O–H groups in total. The van der Waals surface area contributed by atoms with Gasteiger partial charge >= 0.3 is 17.9 Å². The monoisotopic (exact) mass is 889 g/mol. The van der Waals surface area contributed by atoms with Crippen LogP contribution in [0.15, 0.2) is 12.2 Å². The summed E-state index contributed by atoms with van der Waals surface area (Å²) >= 11 is 0. The number of unbranched alkanes of at least 4 members (excludes halogenated alkanes) is 39. The highest BCUT2D eigenvalue weighted by Crippen LogP contribution is 2.17. The molecule has 0 saturated carbocycles. The first kappa shape index (κ1) is 61.1. The van der Waals surface area contributed by atoms with Gasteiger partial charge in [0.1, 0.15) is 13.2 Å². The highest BCUT2D eigenvalue weighted by molar-refractivity contribution is 5.71. The van der Waals surface area contributed by atoms with Crippen molar-refractivity contribution in [2.45, 2.75) is 322 Å². The third kappa shape index (κ3) is 51.0. The summed E-state index contributed by atoms with van der Waals surface area (Å²) in [6.07, 6.45) is 59.2. The Morgan fingerprint density at radius 3 is 0.794 bits per heavy atom. The minimum atomic E-state index is -0.763. The smallest absolute Gasteiger partial charge is 0.306 e. The second-order valence-corrected chi connectivity index (χ2v) is 19.2. The Labute approximate surface area is 392 Å². The molecule has 0 heterocycles. The van der Waals surface area contributed by atoms with Crippen molar-refractivity contribution in [3.05, 3.63) is 12.2 Å². The topological polar surface area (TPSA) is 78.9 Å². The van der Waals surface area contributed by atoms with E-state index in [1.165, 1.54) is 218 Å². The van der Waals surface area contributed by atoms with Gasteiger partial charge in [0.05, 0.1) is 0 Å². The summed E-state index contributed by atoms with van der Waals surface area (Å²) in [7, 11) is 0. The van der Waals surface area contributed by atoms with Gasteiger partial charge in [0.25, 0.3) is 0 Å². The second kappa shape index (κ2) is 52.8. The van der Waals surface area contributed by atoms with Gasteiger partial charge in [-0.05, 0) is 44.9 Å². The summed E-state index contributed by atoms with van der Waals surface area (Å²) in [6.45, 7) is 6.67. The molecule has 1 atom stereocenters. The van der Waals surface area contributed by atoms with Gasteiger partial charge in [-0.2, -0.15) is 0 Å². The first-order valence-electron chi connectivity index (χ1n) is 28.2. The van der Waals surface area contributed by atoms with Gasteiger partial charge in [0.2, 0.25) is 0 Å². The average molecular weight is 889 g/mol. The van der Waals surface area contributed by atoms with Crippen LogP contribution in [0.3, 0.4) is 0 Å². The molecule has 0 fully saturated rings. The minimum Gasteiger partial charge on any atom is -0.462 e. The predicted octanol–water partition coefficient (Wildman–Crippen LogP) is 18.5. The van der Waals surface area contributed by atoms with Crippen molar-refractivity contribution < 1.29 is 28.6 Å². The first-order chi connectivity index (χ1) is 31.0. The zero-order valence-electron chi connectivity index (χ0n) is 42.6. The molecule has 0 amide bonds. The van der Waals surface area contributed by atoms with Crippen LogP contribution in [0.25, 0.3) is 0 Å². The van der Waals surface area contributed by atoms with E-state index < -0.39 is 6.10 Å². The van der Waals surface area contributed by atoms with Crippen molar-refractivity contribution in [1.82, 2.24) is 0 Å². The zero-order chi connectivity index (χ0) is 45.8. The quantitative estimate of drug-likeness (QED) is 0.0262. The summed E-state index contributed by atoms with van der Waals surface area (Å²) in [4.78, 5) is 38.0. The third-order valence-electron chi connectivity index (χ3n) is 12.8. The summed E-state index contributed by atoms with van der Waals surface area (Å²) in [5, 5.41) is 0. The molecule has 372 valence electrons. The number of ether oxygens (including phenoxy) is 3. The number of hydrogen-bond donors (Lipinski definition) is 0. The lowest BCUT2D eigenvalue weighted by atomic mass is 10.0. The molecule has 1 unspecified atom stereocenters. The lowest BCUT2D eigenvalue weighted by molar-refractivity contribution is -0.167. The van der Waals surface area contributed by atoms with Crippen molar-refractivity contribution in [3.8, 4) is 0 Å². The molecule has 0 aliphatic carbocycles. The maximum atomic E-state index is 12.8. The Kier molecular flexibility index (Phi) is 51.2. The van der Waals surface area contributed by atoms with E-state index in [0.717, 1.165) is 57.8 Å². The van der Waals surface area contributed by atoms with Gasteiger partial charge in [-0.3, -0.25) is 14.4 Å². The number of esters is 3. The van der Waals surface area contributed by atoms with Crippen molar-refractivity contribution in [2.24, 2.45) is 0 Å². The van der Waals surface area contributed by atoms with Gasteiger partial charge in [0.15, 0.2) is 6.10 Å². The Balaban J connectivity index is 4.23. The average Bonchev–Trinajstić information content (AvgIpc) is 3.28. The van der Waals surface area contributed by atoms with Crippen LogP contribution in [-0.2, 0) is 28.6 Å². The van der Waals surface area contributed by atoms with Crippen molar-refractivity contribution in [3.63, 3.8) is 0 Å². The van der Waals surface area contributed by atoms with Crippen LogP contribution in [0.4, 0.5) is 0 Å². The maximum absolute atomic E-state index is 12.8. The molecule has 63 heavy (non-hydrogen) atoms. The van der Waals surface area contributed by atoms with E-state index in [0.29, 0.717) is 19.3 Å². The second-order valence-electron chi connectivity index (χ2n) is 19.2. The fourth-order valence-electron chi connectivity index (χ4n) is 8.50. The standard InChI is InChI=1S/C57H108O6/c1-4-7-10-13-16-19-22-24-25-26-27-28-29-30-31-33-35-38-41-44-47-50-56(59)62-53-54(52-61-55(58)49-46-43-40-37-34-21-18-15-12-9-6-3)63-57(60)51-48-45-42-39-36-32-23-20-17-14-11-8-5-2/h26-27,54H,4-25,28-53H2,1-3H3/b27-26-. The maximum Gasteiger partial charge on any atom is 0.306 e. The summed E-state index contributed by atoms with van der Waals surface area (Å²) in [6, 6.07) is 0. The molecule has 0 aromatic rings. The number of hydrogen-bond acceptors (Lipinski definition) is 6. The number of carbonyl (C=O) groups is 3. The van der Waals surface area contributed by atoms with E-state index in [1.807, 2.05) is 0 Å². The van der Waals surface area contributed by atoms with Crippen molar-refractivity contribution in [2.75, 3.05) is 13.2 Å². The van der Waals surface area contributed by atoms with E-state index >= 15 is 0 Å². The molecule has 0 radical (unpaired) electrons. The van der Waals surface area contributed by atoms with Crippen LogP contribution < -0.4 is 0 Å². The molecule has 0 rings (SSSR count). The van der Waals surface area contributed by atoms with E-state index in [-0.39, 0.29) is 31.1 Å². The third-order valence-corrected chi connectivity index (χ3v) is 12.8. The Morgan fingerprint density at radius 2 is 0.524 bits per heavy atom. The fourth-order valence-corrected chi connectivity index (χ4v) is 8.50. The minimum absolute atomic E-state index is 0.0649. The molecule has 0 aliphatic heterocycles. The first-order valence-corrected chi connectivity index (χ1v) is 28.2. The van der Waals surface area contributed by atoms with Crippen LogP contribution in [-0.4, -0.2) is 37.2 Å². The molecular formula is C57H108O6. The molecule has 0 aromatic carbocycles. The normalized spacial score (nSPS) is 12.0. The molecule has 0 aliphatic rings. The van der Waals surface area contributed by atoms with Crippen LogP contribution in [0.2, 0.25) is 0 Å². The Hall–Kier alpha value is -1.85. The van der Waals surface area contributed by atoms with Gasteiger partial charge in [-0.15, -0.1) is 0 Å². The molecule has 0 spiro atoms. The highest BCUT2D eigenvalue weighted by atomic mass is 16.6. The molecule has 0 bridgehead atoms. The number of allylic oxidation sites excluding steroid dienone is 2. The summed E-state index contributed by atoms with van der Waals surface area (Å²) in [5.74, 6) is -0.847. The lowest BCUT2D eigenvalue weighted by Crippen LogP contribution is -2.30. The van der Waals surface area contributed by atoms with Gasteiger partial charge in [-0.25, -0.2) is 0 Å². The predicted molar refractivity (Wildman–Crippen MR) is 270 cm³/mol. The number of rotatable bonds is 52. The van der Waals surface area contributed by atoms with Gasteiger partial charge < -0.3 is 14.2 Å². The van der Waals surface area contributed by atoms with E-state index in [9.17, 15) is 14.4 Å². The van der Waals surface area contributed by atoms with Crippen molar-refractivity contribution in [1.29, 1.82) is 0 Å². The largest absolute Gasteiger partial charge is 0.462 e. The van der Waals surface area contributed by atoms with E-state index in [1.54, 1.807) is 0 Å². The Bertz CT molecular complexity index is 978. The van der Waals surface area contributed by atoms with Gasteiger partial charge in [0, 0.05) is 19.3 Å². The van der Waals surface area contributed by atoms with Crippen LogP contribution >= 0.6 is 0 Å². The number of carbonyl (C=O) groups excluding carboxylic acids is 3. The van der Waals surface area contributed by atoms with Crippen molar-refractivity contribution >= 4 is 17.9 Å². The summed E-state index contributed by atoms with van der Waals surface area (Å²) in [5.41, 5.74) is 0. The lowest BCUT2D eigenvalue weighted by Gasteiger charge is -2.18.